The van der Waals surface area contributed by atoms with Gasteiger partial charge < -0.3 is 14.8 Å². The number of amides is 3. The fourth-order valence-corrected chi connectivity index (χ4v) is 3.43. The van der Waals surface area contributed by atoms with Crippen molar-refractivity contribution < 1.29 is 23.9 Å². The van der Waals surface area contributed by atoms with Crippen LogP contribution in [0, 0.1) is 0 Å². The molecule has 0 aromatic heterocycles. The van der Waals surface area contributed by atoms with E-state index in [9.17, 15) is 14.4 Å². The predicted molar refractivity (Wildman–Crippen MR) is 123 cm³/mol. The molecule has 0 saturated heterocycles. The van der Waals surface area contributed by atoms with Crippen LogP contribution in [0.1, 0.15) is 46.5 Å². The van der Waals surface area contributed by atoms with Gasteiger partial charge in [-0.2, -0.15) is 0 Å². The molecule has 0 fully saturated rings. The van der Waals surface area contributed by atoms with E-state index in [1.54, 1.807) is 20.8 Å². The first-order chi connectivity index (χ1) is 13.9. The van der Waals surface area contributed by atoms with Gasteiger partial charge in [0.1, 0.15) is 17.4 Å². The van der Waals surface area contributed by atoms with Crippen molar-refractivity contribution in [3.8, 4) is 0 Å². The molecule has 1 aliphatic heterocycles. The maximum atomic E-state index is 13.3. The Bertz CT molecular complexity index is 712. The molecule has 1 unspecified atom stereocenters. The summed E-state index contributed by atoms with van der Waals surface area (Å²) in [4.78, 5) is 39.1. The van der Waals surface area contributed by atoms with Gasteiger partial charge in [-0.25, -0.2) is 4.79 Å². The topological polar surface area (TPSA) is 84.9 Å². The summed E-state index contributed by atoms with van der Waals surface area (Å²) in [5, 5.41) is 2.45. The van der Waals surface area contributed by atoms with Crippen molar-refractivity contribution >= 4 is 87.5 Å². The van der Waals surface area contributed by atoms with Crippen molar-refractivity contribution in [2.24, 2.45) is 0 Å². The molecule has 31 heavy (non-hydrogen) atoms. The Labute approximate surface area is 211 Å². The van der Waals surface area contributed by atoms with Gasteiger partial charge in [-0.3, -0.25) is 14.5 Å². The number of nitrogens with zero attached hydrogens (tertiary/aromatic N) is 1. The number of rotatable bonds is 7. The second kappa shape index (κ2) is 11.2. The number of methoxy groups -OCH3 is 1. The lowest BCUT2D eigenvalue weighted by Gasteiger charge is -2.30. The van der Waals surface area contributed by atoms with Crippen molar-refractivity contribution in [3.05, 3.63) is 11.8 Å². The lowest BCUT2D eigenvalue weighted by atomic mass is 10.1. The smallest absolute Gasteiger partial charge is 0.408 e. The van der Waals surface area contributed by atoms with Gasteiger partial charge in [0.2, 0.25) is 0 Å². The van der Waals surface area contributed by atoms with Crippen LogP contribution >= 0.6 is 69.6 Å². The Morgan fingerprint density at radius 1 is 1.10 bits per heavy atom. The highest BCUT2D eigenvalue weighted by molar-refractivity contribution is 6.67. The molecule has 0 saturated carbocycles. The molecule has 7 nitrogen and oxygen atoms in total. The van der Waals surface area contributed by atoms with Gasteiger partial charge in [0, 0.05) is 6.08 Å². The number of ether oxygens (including phenoxy) is 2. The molecule has 178 valence electrons. The Hall–Kier alpha value is -0.310. The minimum absolute atomic E-state index is 0.0401. The zero-order valence-electron chi connectivity index (χ0n) is 17.3. The summed E-state index contributed by atoms with van der Waals surface area (Å²) in [5.74, 6) is -1.14. The zero-order chi connectivity index (χ0) is 24.2. The molecule has 0 spiro atoms. The molecule has 1 N–H and O–H groups in total. The van der Waals surface area contributed by atoms with Crippen LogP contribution in [0.25, 0.3) is 0 Å². The highest BCUT2D eigenvalue weighted by atomic mass is 35.6. The summed E-state index contributed by atoms with van der Waals surface area (Å²) in [6.07, 6.45) is 0.322. The number of hydrogen-bond acceptors (Lipinski definition) is 5. The molecule has 3 amide bonds. The van der Waals surface area contributed by atoms with Crippen molar-refractivity contribution in [1.82, 2.24) is 10.2 Å². The lowest BCUT2D eigenvalue weighted by molar-refractivity contribution is -0.145. The molecule has 0 bridgehead atoms. The number of halogens is 6. The second-order valence-corrected chi connectivity index (χ2v) is 12.9. The molecule has 1 rings (SSSR count). The Balaban J connectivity index is 3.12. The molecular weight excluding hydrogens is 537 g/mol. The molecule has 13 heteroatoms. The van der Waals surface area contributed by atoms with Crippen molar-refractivity contribution in [3.63, 3.8) is 0 Å². The molecule has 1 aliphatic rings. The van der Waals surface area contributed by atoms with E-state index in [4.69, 9.17) is 79.1 Å². The van der Waals surface area contributed by atoms with Gasteiger partial charge in [0.15, 0.2) is 7.59 Å². The minimum Gasteiger partial charge on any atom is -0.499 e. The number of imide groups is 1. The first kappa shape index (κ1) is 28.7. The number of alkyl carbamates (subject to hydrolysis) is 1. The number of alkyl halides is 6. The molecule has 0 radical (unpaired) electrons. The van der Waals surface area contributed by atoms with E-state index in [1.807, 2.05) is 0 Å². The predicted octanol–water partition coefficient (Wildman–Crippen LogP) is 5.45. The van der Waals surface area contributed by atoms with Crippen LogP contribution in [0.4, 0.5) is 4.79 Å². The lowest BCUT2D eigenvalue weighted by Crippen LogP contribution is -2.53. The van der Waals surface area contributed by atoms with E-state index in [-0.39, 0.29) is 31.4 Å². The number of hydrogen-bond donors (Lipinski definition) is 1. The number of carbonyl (C=O) groups is 3. The average Bonchev–Trinajstić information content (AvgIpc) is 2.88. The van der Waals surface area contributed by atoms with Gasteiger partial charge in [-0.05, 0) is 46.5 Å². The highest BCUT2D eigenvalue weighted by Crippen LogP contribution is 2.36. The first-order valence-electron chi connectivity index (χ1n) is 9.19. The summed E-state index contributed by atoms with van der Waals surface area (Å²) in [6, 6.07) is -2.04. The molecule has 1 heterocycles. The second-order valence-electron chi connectivity index (χ2n) is 7.82. The maximum absolute atomic E-state index is 13.3. The fraction of sp³-hybridized carbons (Fsp3) is 0.722. The Kier molecular flexibility index (Phi) is 10.4. The Morgan fingerprint density at radius 2 is 1.65 bits per heavy atom. The quantitative estimate of drug-likeness (QED) is 0.419. The van der Waals surface area contributed by atoms with Crippen LogP contribution < -0.4 is 5.32 Å². The third-order valence-corrected chi connectivity index (χ3v) is 5.16. The summed E-state index contributed by atoms with van der Waals surface area (Å²) in [5.41, 5.74) is -0.811. The average molecular weight is 561 g/mol. The van der Waals surface area contributed by atoms with Crippen LogP contribution in [-0.2, 0) is 19.1 Å². The molecule has 0 aromatic carbocycles. The van der Waals surface area contributed by atoms with Crippen LogP contribution in [0.2, 0.25) is 0 Å². The summed E-state index contributed by atoms with van der Waals surface area (Å²) < 4.78 is 7.16. The van der Waals surface area contributed by atoms with Gasteiger partial charge >= 0.3 is 6.09 Å². The normalized spacial score (nSPS) is 18.5. The molecule has 0 aliphatic carbocycles. The van der Waals surface area contributed by atoms with Gasteiger partial charge in [0.25, 0.3) is 11.8 Å². The maximum Gasteiger partial charge on any atom is 0.408 e. The molecule has 0 aromatic rings. The summed E-state index contributed by atoms with van der Waals surface area (Å²) >= 11 is 34.9. The van der Waals surface area contributed by atoms with E-state index in [1.165, 1.54) is 13.2 Å². The molecule has 2 atom stereocenters. The van der Waals surface area contributed by atoms with Crippen LogP contribution in [-0.4, -0.2) is 55.2 Å². The number of nitrogens with one attached hydrogen (secondary N) is 1. The van der Waals surface area contributed by atoms with E-state index in [2.05, 4.69) is 5.32 Å². The monoisotopic (exact) mass is 558 g/mol. The fourth-order valence-electron chi connectivity index (χ4n) is 2.78. The Morgan fingerprint density at radius 3 is 2.10 bits per heavy atom. The van der Waals surface area contributed by atoms with Crippen LogP contribution in [0.15, 0.2) is 11.8 Å². The van der Waals surface area contributed by atoms with Crippen molar-refractivity contribution in [1.29, 1.82) is 0 Å². The van der Waals surface area contributed by atoms with Crippen LogP contribution in [0.5, 0.6) is 0 Å². The third-order valence-electron chi connectivity index (χ3n) is 4.02. The SMILES string of the molecule is COC1=CC(=O)N(C(=O)[C@@H](CCC(Cl)(Cl)Cl)NC(=O)OC(C)(C)C)C1CCC(Cl)(Cl)Cl. The highest BCUT2D eigenvalue weighted by Gasteiger charge is 2.43. The van der Waals surface area contributed by atoms with Crippen LogP contribution in [0.3, 0.4) is 0 Å². The largest absolute Gasteiger partial charge is 0.499 e. The standard InChI is InChI=1S/C18H24Cl6N2O5/c1-16(2,3)31-15(29)25-10(5-7-17(19,20)21)14(28)26-11(6-8-18(22,23)24)12(30-4)9-13(26)27/h9-11H,5-8H2,1-4H3,(H,25,29)/t10-,11?/m1/s1. The van der Waals surface area contributed by atoms with Crippen molar-refractivity contribution in [2.45, 2.75) is 71.7 Å². The van der Waals surface area contributed by atoms with E-state index in [0.29, 0.717) is 0 Å². The summed E-state index contributed by atoms with van der Waals surface area (Å²) in [7, 11) is 1.36. The first-order valence-corrected chi connectivity index (χ1v) is 11.5. The zero-order valence-corrected chi connectivity index (χ0v) is 21.9. The van der Waals surface area contributed by atoms with Gasteiger partial charge in [-0.1, -0.05) is 69.6 Å². The van der Waals surface area contributed by atoms with E-state index in [0.717, 1.165) is 4.90 Å². The third kappa shape index (κ3) is 10.4. The summed E-state index contributed by atoms with van der Waals surface area (Å²) in [6.45, 7) is 4.99. The van der Waals surface area contributed by atoms with Gasteiger partial charge in [0.05, 0.1) is 13.2 Å². The van der Waals surface area contributed by atoms with E-state index < -0.39 is 43.2 Å². The van der Waals surface area contributed by atoms with E-state index >= 15 is 0 Å². The number of carbonyl (C=O) groups excluding carboxylic acids is 3. The van der Waals surface area contributed by atoms with Crippen molar-refractivity contribution in [2.75, 3.05) is 7.11 Å². The molecular formula is C18H24Cl6N2O5. The van der Waals surface area contributed by atoms with Gasteiger partial charge in [-0.15, -0.1) is 0 Å². The minimum atomic E-state index is -1.67.